The Morgan fingerprint density at radius 1 is 1.30 bits per heavy atom. The second-order valence-corrected chi connectivity index (χ2v) is 9.89. The molecule has 30 heavy (non-hydrogen) atoms. The number of carbonyl (C=O) groups excluding carboxylic acids is 2. The summed E-state index contributed by atoms with van der Waals surface area (Å²) in [7, 11) is 3.94. The molecule has 1 spiro atoms. The summed E-state index contributed by atoms with van der Waals surface area (Å²) < 4.78 is 5.50. The fraction of sp³-hybridized carbons (Fsp3) is 0.682. The summed E-state index contributed by atoms with van der Waals surface area (Å²) in [6.07, 6.45) is 4.45. The summed E-state index contributed by atoms with van der Waals surface area (Å²) >= 11 is 0. The SMILES string of the molecule is CN(C)CCNC(=O)c1ccc(NC2CC3(CCN(C(=O)OC(C)(C)C)C3)C2)nc1. The number of nitrogens with zero attached hydrogens (tertiary/aromatic N) is 3. The fourth-order valence-electron chi connectivity index (χ4n) is 4.16. The van der Waals surface area contributed by atoms with Crippen LogP contribution in [-0.2, 0) is 4.74 Å². The van der Waals surface area contributed by atoms with Crippen molar-refractivity contribution >= 4 is 17.8 Å². The van der Waals surface area contributed by atoms with Crippen LogP contribution < -0.4 is 10.6 Å². The zero-order valence-electron chi connectivity index (χ0n) is 18.8. The predicted molar refractivity (Wildman–Crippen MR) is 117 cm³/mol. The molecular weight excluding hydrogens is 382 g/mol. The van der Waals surface area contributed by atoms with E-state index in [-0.39, 0.29) is 17.4 Å². The van der Waals surface area contributed by atoms with Crippen LogP contribution in [-0.4, -0.2) is 78.7 Å². The summed E-state index contributed by atoms with van der Waals surface area (Å²) in [6, 6.07) is 4.00. The first-order valence-electron chi connectivity index (χ1n) is 10.7. The molecule has 1 aliphatic carbocycles. The Morgan fingerprint density at radius 3 is 2.63 bits per heavy atom. The lowest BCUT2D eigenvalue weighted by atomic mass is 9.65. The molecule has 2 amide bonds. The second kappa shape index (κ2) is 8.79. The Balaban J connectivity index is 1.43. The van der Waals surface area contributed by atoms with Crippen molar-refractivity contribution in [2.75, 3.05) is 45.6 Å². The second-order valence-electron chi connectivity index (χ2n) is 9.89. The van der Waals surface area contributed by atoms with E-state index in [4.69, 9.17) is 4.74 Å². The largest absolute Gasteiger partial charge is 0.444 e. The van der Waals surface area contributed by atoms with Crippen LogP contribution in [0.1, 0.15) is 50.4 Å². The molecule has 2 fully saturated rings. The van der Waals surface area contributed by atoms with E-state index < -0.39 is 5.60 Å². The van der Waals surface area contributed by atoms with Gasteiger partial charge in [-0.05, 0) is 71.7 Å². The Morgan fingerprint density at radius 2 is 2.03 bits per heavy atom. The zero-order chi connectivity index (χ0) is 21.9. The van der Waals surface area contributed by atoms with Gasteiger partial charge in [-0.1, -0.05) is 0 Å². The molecular formula is C22H35N5O3. The number of hydrogen-bond donors (Lipinski definition) is 2. The topological polar surface area (TPSA) is 86.8 Å². The average Bonchev–Trinajstić information content (AvgIpc) is 3.06. The van der Waals surface area contributed by atoms with Crippen molar-refractivity contribution in [3.63, 3.8) is 0 Å². The van der Waals surface area contributed by atoms with E-state index >= 15 is 0 Å². The maximum atomic E-state index is 12.3. The first kappa shape index (κ1) is 22.3. The number of nitrogens with one attached hydrogen (secondary N) is 2. The molecule has 8 heteroatoms. The van der Waals surface area contributed by atoms with Crippen LogP contribution >= 0.6 is 0 Å². The summed E-state index contributed by atoms with van der Waals surface area (Å²) in [4.78, 5) is 32.7. The lowest BCUT2D eigenvalue weighted by Crippen LogP contribution is -2.47. The minimum Gasteiger partial charge on any atom is -0.444 e. The van der Waals surface area contributed by atoms with Gasteiger partial charge in [-0.3, -0.25) is 4.79 Å². The lowest BCUT2D eigenvalue weighted by Gasteiger charge is -2.45. The number of aromatic nitrogens is 1. The molecule has 0 unspecified atom stereocenters. The number of amides is 2. The molecule has 2 heterocycles. The molecule has 1 saturated carbocycles. The van der Waals surface area contributed by atoms with Crippen molar-refractivity contribution in [3.05, 3.63) is 23.9 Å². The molecule has 0 aromatic carbocycles. The number of rotatable bonds is 6. The number of hydrogen-bond acceptors (Lipinski definition) is 6. The highest BCUT2D eigenvalue weighted by Gasteiger charge is 2.50. The van der Waals surface area contributed by atoms with Crippen LogP contribution in [0.5, 0.6) is 0 Å². The minimum atomic E-state index is -0.461. The molecule has 2 N–H and O–H groups in total. The summed E-state index contributed by atoms with van der Waals surface area (Å²) in [5.41, 5.74) is 0.298. The Kier molecular flexibility index (Phi) is 6.55. The Labute approximate surface area is 179 Å². The molecule has 1 aliphatic heterocycles. The normalized spacial score (nSPS) is 23.4. The fourth-order valence-corrected chi connectivity index (χ4v) is 4.16. The van der Waals surface area contributed by atoms with Gasteiger partial charge in [0.25, 0.3) is 5.91 Å². The zero-order valence-corrected chi connectivity index (χ0v) is 18.8. The quantitative estimate of drug-likeness (QED) is 0.740. The van der Waals surface area contributed by atoms with E-state index in [9.17, 15) is 9.59 Å². The number of likely N-dealkylation sites (N-methyl/N-ethyl adjacent to an activating group) is 1. The van der Waals surface area contributed by atoms with Gasteiger partial charge < -0.3 is 25.2 Å². The highest BCUT2D eigenvalue weighted by atomic mass is 16.6. The van der Waals surface area contributed by atoms with E-state index in [2.05, 4.69) is 15.6 Å². The minimum absolute atomic E-state index is 0.105. The van der Waals surface area contributed by atoms with Gasteiger partial charge in [-0.2, -0.15) is 0 Å². The van der Waals surface area contributed by atoms with Crippen LogP contribution in [0.2, 0.25) is 0 Å². The molecule has 1 saturated heterocycles. The van der Waals surface area contributed by atoms with E-state index in [0.29, 0.717) is 18.2 Å². The lowest BCUT2D eigenvalue weighted by molar-refractivity contribution is 0.0237. The van der Waals surface area contributed by atoms with Gasteiger partial charge in [0.2, 0.25) is 0 Å². The van der Waals surface area contributed by atoms with Crippen molar-refractivity contribution in [1.29, 1.82) is 0 Å². The highest BCUT2D eigenvalue weighted by molar-refractivity contribution is 5.94. The third kappa shape index (κ3) is 5.84. The van der Waals surface area contributed by atoms with Crippen LogP contribution in [0, 0.1) is 5.41 Å². The van der Waals surface area contributed by atoms with Gasteiger partial charge in [0, 0.05) is 38.4 Å². The van der Waals surface area contributed by atoms with Gasteiger partial charge in [0.05, 0.1) is 5.56 Å². The molecule has 8 nitrogen and oxygen atoms in total. The molecule has 1 aromatic heterocycles. The Hall–Kier alpha value is -2.35. The Bertz CT molecular complexity index is 751. The van der Waals surface area contributed by atoms with E-state index in [1.165, 1.54) is 0 Å². The number of pyridine rings is 1. The molecule has 0 atom stereocenters. The summed E-state index contributed by atoms with van der Waals surface area (Å²) in [5, 5.41) is 6.34. The first-order valence-corrected chi connectivity index (χ1v) is 10.7. The summed E-state index contributed by atoms with van der Waals surface area (Å²) in [6.45, 7) is 8.62. The molecule has 1 aromatic rings. The monoisotopic (exact) mass is 417 g/mol. The van der Waals surface area contributed by atoms with E-state index in [0.717, 1.165) is 44.7 Å². The van der Waals surface area contributed by atoms with Crippen molar-refractivity contribution < 1.29 is 14.3 Å². The van der Waals surface area contributed by atoms with Crippen LogP contribution in [0.25, 0.3) is 0 Å². The molecule has 0 bridgehead atoms. The van der Waals surface area contributed by atoms with Crippen molar-refractivity contribution in [2.24, 2.45) is 5.41 Å². The van der Waals surface area contributed by atoms with Crippen LogP contribution in [0.3, 0.4) is 0 Å². The van der Waals surface area contributed by atoms with Crippen LogP contribution in [0.4, 0.5) is 10.6 Å². The molecule has 0 radical (unpaired) electrons. The molecule has 2 aliphatic rings. The van der Waals surface area contributed by atoms with Crippen LogP contribution in [0.15, 0.2) is 18.3 Å². The number of likely N-dealkylation sites (tertiary alicyclic amines) is 1. The van der Waals surface area contributed by atoms with Gasteiger partial charge in [0.1, 0.15) is 11.4 Å². The number of anilines is 1. The van der Waals surface area contributed by atoms with E-state index in [1.54, 1.807) is 12.3 Å². The third-order valence-electron chi connectivity index (χ3n) is 5.67. The number of carbonyl (C=O) groups is 2. The average molecular weight is 418 g/mol. The molecule has 3 rings (SSSR count). The summed E-state index contributed by atoms with van der Waals surface area (Å²) in [5.74, 6) is 0.674. The van der Waals surface area contributed by atoms with Gasteiger partial charge >= 0.3 is 6.09 Å². The first-order chi connectivity index (χ1) is 14.1. The van der Waals surface area contributed by atoms with Gasteiger partial charge in [-0.25, -0.2) is 9.78 Å². The predicted octanol–water partition coefficient (Wildman–Crippen LogP) is 2.57. The van der Waals surface area contributed by atoms with Crippen molar-refractivity contribution in [3.8, 4) is 0 Å². The van der Waals surface area contributed by atoms with E-state index in [1.807, 2.05) is 50.7 Å². The maximum Gasteiger partial charge on any atom is 0.410 e. The van der Waals surface area contributed by atoms with Crippen molar-refractivity contribution in [2.45, 2.75) is 51.7 Å². The molecule has 166 valence electrons. The van der Waals surface area contributed by atoms with Crippen molar-refractivity contribution in [1.82, 2.24) is 20.1 Å². The third-order valence-corrected chi connectivity index (χ3v) is 5.67. The smallest absolute Gasteiger partial charge is 0.410 e. The number of ether oxygens (including phenoxy) is 1. The van der Waals surface area contributed by atoms with Gasteiger partial charge in [0.15, 0.2) is 0 Å². The maximum absolute atomic E-state index is 12.3. The standard InChI is InChI=1S/C22H35N5O3/c1-21(2,3)30-20(29)27-10-8-22(15-27)12-17(13-22)25-18-7-6-16(14-24-18)19(28)23-9-11-26(4)5/h6-7,14,17H,8-13,15H2,1-5H3,(H,23,28)(H,24,25). The van der Waals surface area contributed by atoms with Gasteiger partial charge in [-0.15, -0.1) is 0 Å². The highest BCUT2D eigenvalue weighted by Crippen LogP contribution is 2.49.